The maximum Gasteiger partial charge on any atom is 0.272 e. The molecule has 0 aromatic carbocycles. The predicted molar refractivity (Wildman–Crippen MR) is 90.9 cm³/mol. The number of nitrogens with zero attached hydrogens (tertiary/aromatic N) is 4. The Hall–Kier alpha value is -2.63. The average Bonchev–Trinajstić information content (AvgIpc) is 2.89. The number of rotatable bonds is 2. The maximum atomic E-state index is 12.7. The molecule has 0 saturated carbocycles. The lowest BCUT2D eigenvalue weighted by atomic mass is 10.2. The van der Waals surface area contributed by atoms with E-state index in [1.165, 1.54) is 0 Å². The second-order valence-corrected chi connectivity index (χ2v) is 6.14. The molecule has 0 N–H and O–H groups in total. The van der Waals surface area contributed by atoms with Crippen LogP contribution < -0.4 is 0 Å². The van der Waals surface area contributed by atoms with Crippen molar-refractivity contribution < 1.29 is 9.59 Å². The highest BCUT2D eigenvalue weighted by molar-refractivity contribution is 5.96. The minimum atomic E-state index is -0.0746. The molecule has 24 heavy (non-hydrogen) atoms. The first-order valence-electron chi connectivity index (χ1n) is 8.11. The zero-order valence-electron chi connectivity index (χ0n) is 14.3. The van der Waals surface area contributed by atoms with Crippen molar-refractivity contribution in [2.75, 3.05) is 26.2 Å². The van der Waals surface area contributed by atoms with Crippen LogP contribution in [0.4, 0.5) is 0 Å². The van der Waals surface area contributed by atoms with E-state index < -0.39 is 0 Å². The zero-order chi connectivity index (χ0) is 17.3. The molecule has 2 aromatic rings. The second kappa shape index (κ2) is 6.47. The predicted octanol–water partition coefficient (Wildman–Crippen LogP) is 1.64. The smallest absolute Gasteiger partial charge is 0.272 e. The van der Waals surface area contributed by atoms with E-state index in [0.29, 0.717) is 31.9 Å². The maximum absolute atomic E-state index is 12.7. The molecule has 0 spiro atoms. The van der Waals surface area contributed by atoms with E-state index in [4.69, 9.17) is 0 Å². The number of carbonyl (C=O) groups is 2. The number of amides is 2. The summed E-state index contributed by atoms with van der Waals surface area (Å²) in [4.78, 5) is 32.8. The third-order valence-corrected chi connectivity index (χ3v) is 4.74. The Balaban J connectivity index is 1.65. The van der Waals surface area contributed by atoms with Gasteiger partial charge in [-0.2, -0.15) is 0 Å². The van der Waals surface area contributed by atoms with Crippen LogP contribution in [-0.4, -0.2) is 57.3 Å². The topological polar surface area (TPSA) is 58.4 Å². The van der Waals surface area contributed by atoms with Crippen LogP contribution in [0.15, 0.2) is 30.5 Å². The molecule has 3 rings (SSSR count). The van der Waals surface area contributed by atoms with E-state index in [2.05, 4.69) is 4.98 Å². The molecule has 1 fully saturated rings. The fourth-order valence-electron chi connectivity index (χ4n) is 3.01. The molecule has 0 radical (unpaired) electrons. The van der Waals surface area contributed by atoms with Crippen LogP contribution in [0.3, 0.4) is 0 Å². The van der Waals surface area contributed by atoms with Gasteiger partial charge < -0.3 is 14.4 Å². The van der Waals surface area contributed by atoms with Crippen molar-refractivity contribution in [1.29, 1.82) is 0 Å². The van der Waals surface area contributed by atoms with Gasteiger partial charge >= 0.3 is 0 Å². The highest BCUT2D eigenvalue weighted by Crippen LogP contribution is 2.17. The summed E-state index contributed by atoms with van der Waals surface area (Å²) in [5, 5.41) is 0. The largest absolute Gasteiger partial charge is 0.351 e. The molecule has 2 aromatic heterocycles. The molecule has 0 aliphatic carbocycles. The molecule has 1 aliphatic heterocycles. The minimum Gasteiger partial charge on any atom is -0.351 e. The van der Waals surface area contributed by atoms with E-state index in [9.17, 15) is 9.59 Å². The lowest BCUT2D eigenvalue weighted by Crippen LogP contribution is -2.50. The lowest BCUT2D eigenvalue weighted by Gasteiger charge is -2.34. The molecule has 0 bridgehead atoms. The van der Waals surface area contributed by atoms with Crippen LogP contribution in [-0.2, 0) is 7.05 Å². The summed E-state index contributed by atoms with van der Waals surface area (Å²) < 4.78 is 2.02. The van der Waals surface area contributed by atoms with E-state index in [0.717, 1.165) is 17.0 Å². The van der Waals surface area contributed by atoms with E-state index in [-0.39, 0.29) is 11.8 Å². The van der Waals surface area contributed by atoms with Crippen molar-refractivity contribution in [1.82, 2.24) is 19.4 Å². The monoisotopic (exact) mass is 326 g/mol. The van der Waals surface area contributed by atoms with Crippen molar-refractivity contribution in [2.45, 2.75) is 13.8 Å². The van der Waals surface area contributed by atoms with Crippen LogP contribution in [0.5, 0.6) is 0 Å². The van der Waals surface area contributed by atoms with E-state index in [1.807, 2.05) is 36.4 Å². The van der Waals surface area contributed by atoms with Gasteiger partial charge in [-0.3, -0.25) is 14.6 Å². The van der Waals surface area contributed by atoms with Crippen molar-refractivity contribution in [2.24, 2.45) is 7.05 Å². The van der Waals surface area contributed by atoms with Gasteiger partial charge in [0.2, 0.25) is 0 Å². The number of piperazine rings is 1. The quantitative estimate of drug-likeness (QED) is 0.843. The summed E-state index contributed by atoms with van der Waals surface area (Å²) in [5.41, 5.74) is 3.25. The van der Waals surface area contributed by atoms with Gasteiger partial charge in [-0.05, 0) is 32.0 Å². The lowest BCUT2D eigenvalue weighted by molar-refractivity contribution is 0.0532. The molecule has 3 heterocycles. The van der Waals surface area contributed by atoms with Crippen molar-refractivity contribution in [3.63, 3.8) is 0 Å². The number of aryl methyl sites for hydroxylation is 1. The molecular formula is C18H22N4O2. The van der Waals surface area contributed by atoms with Gasteiger partial charge in [-0.15, -0.1) is 0 Å². The first kappa shape index (κ1) is 16.2. The summed E-state index contributed by atoms with van der Waals surface area (Å²) >= 11 is 0. The highest BCUT2D eigenvalue weighted by atomic mass is 16.2. The summed E-state index contributed by atoms with van der Waals surface area (Å²) in [6.07, 6.45) is 1.62. The molecule has 0 atom stereocenters. The number of hydrogen-bond acceptors (Lipinski definition) is 3. The third kappa shape index (κ3) is 2.91. The van der Waals surface area contributed by atoms with Crippen LogP contribution in [0.25, 0.3) is 0 Å². The fourth-order valence-corrected chi connectivity index (χ4v) is 3.01. The van der Waals surface area contributed by atoms with Gasteiger partial charge in [0.1, 0.15) is 5.69 Å². The Morgan fingerprint density at radius 2 is 1.62 bits per heavy atom. The van der Waals surface area contributed by atoms with Crippen molar-refractivity contribution in [3.8, 4) is 0 Å². The first-order valence-corrected chi connectivity index (χ1v) is 8.11. The van der Waals surface area contributed by atoms with Gasteiger partial charge in [0.25, 0.3) is 11.8 Å². The first-order chi connectivity index (χ1) is 11.5. The molecule has 126 valence electrons. The Bertz CT molecular complexity index is 759. The Kier molecular flexibility index (Phi) is 4.38. The number of carbonyl (C=O) groups excluding carboxylic acids is 2. The van der Waals surface area contributed by atoms with E-state index >= 15 is 0 Å². The molecular weight excluding hydrogens is 304 g/mol. The van der Waals surface area contributed by atoms with Crippen LogP contribution in [0, 0.1) is 13.8 Å². The summed E-state index contributed by atoms with van der Waals surface area (Å²) in [6.45, 7) is 6.11. The molecule has 1 saturated heterocycles. The molecule has 6 heteroatoms. The van der Waals surface area contributed by atoms with Gasteiger partial charge in [0.05, 0.1) is 5.56 Å². The van der Waals surface area contributed by atoms with Crippen LogP contribution >= 0.6 is 0 Å². The average molecular weight is 326 g/mol. The van der Waals surface area contributed by atoms with Crippen LogP contribution in [0.2, 0.25) is 0 Å². The zero-order valence-corrected chi connectivity index (χ0v) is 14.3. The van der Waals surface area contributed by atoms with Gasteiger partial charge in [-0.1, -0.05) is 6.07 Å². The Morgan fingerprint density at radius 1 is 1.00 bits per heavy atom. The molecule has 1 aliphatic rings. The Labute approximate surface area is 141 Å². The van der Waals surface area contributed by atoms with Crippen molar-refractivity contribution in [3.05, 3.63) is 53.1 Å². The molecule has 0 unspecified atom stereocenters. The fraction of sp³-hybridized carbons (Fsp3) is 0.389. The summed E-state index contributed by atoms with van der Waals surface area (Å²) in [7, 11) is 1.96. The molecule has 6 nitrogen and oxygen atoms in total. The Morgan fingerprint density at radius 3 is 2.12 bits per heavy atom. The number of hydrogen-bond donors (Lipinski definition) is 0. The summed E-state index contributed by atoms with van der Waals surface area (Å²) in [6, 6.07) is 7.25. The van der Waals surface area contributed by atoms with Gasteiger partial charge in [0.15, 0.2) is 0 Å². The van der Waals surface area contributed by atoms with Gasteiger partial charge in [0, 0.05) is 50.8 Å². The number of aromatic nitrogens is 2. The second-order valence-electron chi connectivity index (χ2n) is 6.14. The third-order valence-electron chi connectivity index (χ3n) is 4.74. The summed E-state index contributed by atoms with van der Waals surface area (Å²) in [5.74, 6) is -0.0319. The van der Waals surface area contributed by atoms with E-state index in [1.54, 1.807) is 29.3 Å². The van der Waals surface area contributed by atoms with Crippen LogP contribution in [0.1, 0.15) is 32.2 Å². The highest BCUT2D eigenvalue weighted by Gasteiger charge is 2.27. The van der Waals surface area contributed by atoms with Crippen molar-refractivity contribution >= 4 is 11.8 Å². The SMILES string of the molecule is Cc1cc(C(=O)N2CCN(C(=O)c3ccccn3)CC2)c(C)n1C. The standard InChI is InChI=1S/C18H22N4O2/c1-13-12-15(14(2)20(13)3)17(23)21-8-10-22(11-9-21)18(24)16-6-4-5-7-19-16/h4-7,12H,8-11H2,1-3H3. The minimum absolute atomic E-state index is 0.0427. The number of pyridine rings is 1. The molecule has 2 amide bonds. The normalized spacial score (nSPS) is 14.8. The van der Waals surface area contributed by atoms with Gasteiger partial charge in [-0.25, -0.2) is 0 Å².